The van der Waals surface area contributed by atoms with E-state index < -0.39 is 0 Å². The molecule has 0 fully saturated rings. The number of rotatable bonds is 5. The Kier molecular flexibility index (Phi) is 4.62. The van der Waals surface area contributed by atoms with Crippen molar-refractivity contribution in [1.82, 2.24) is 4.72 Å². The summed E-state index contributed by atoms with van der Waals surface area (Å²) in [5.74, 6) is 0.919. The lowest BCUT2D eigenvalue weighted by molar-refractivity contribution is 0.412. The van der Waals surface area contributed by atoms with E-state index in [9.17, 15) is 0 Å². The van der Waals surface area contributed by atoms with Gasteiger partial charge in [-0.2, -0.15) is 0 Å². The van der Waals surface area contributed by atoms with E-state index in [4.69, 9.17) is 4.74 Å². The number of nitrogens with one attached hydrogen (secondary N) is 2. The fourth-order valence-corrected chi connectivity index (χ4v) is 1.36. The number of hydrogen-bond donors (Lipinski definition) is 3. The molecule has 0 aliphatic heterocycles. The summed E-state index contributed by atoms with van der Waals surface area (Å²) in [6.45, 7) is 3.71. The number of ether oxygens (including phenoxy) is 1. The van der Waals surface area contributed by atoms with Crippen LogP contribution in [0.5, 0.6) is 5.75 Å². The molecule has 4 heteroatoms. The summed E-state index contributed by atoms with van der Waals surface area (Å²) in [4.78, 5) is 0. The van der Waals surface area contributed by atoms with Crippen LogP contribution in [0.4, 0.5) is 5.69 Å². The number of anilines is 1. The Bertz CT molecular complexity index is 291. The summed E-state index contributed by atoms with van der Waals surface area (Å²) < 4.78 is 7.96. The first-order valence-electron chi connectivity index (χ1n) is 4.53. The first kappa shape index (κ1) is 11.2. The van der Waals surface area contributed by atoms with Gasteiger partial charge in [-0.3, -0.25) is 4.72 Å². The van der Waals surface area contributed by atoms with E-state index in [-0.39, 0.29) is 0 Å². The van der Waals surface area contributed by atoms with Gasteiger partial charge < -0.3 is 10.1 Å². The van der Waals surface area contributed by atoms with Crippen LogP contribution in [0.15, 0.2) is 18.2 Å². The minimum absolute atomic E-state index is 0.828. The summed E-state index contributed by atoms with van der Waals surface area (Å²) >= 11 is 3.91. The second kappa shape index (κ2) is 5.78. The van der Waals surface area contributed by atoms with Crippen molar-refractivity contribution in [3.63, 3.8) is 0 Å². The van der Waals surface area contributed by atoms with Crippen molar-refractivity contribution in [1.29, 1.82) is 0 Å². The Morgan fingerprint density at radius 3 is 2.71 bits per heavy atom. The molecule has 0 aliphatic carbocycles. The number of methoxy groups -OCH3 is 1. The van der Waals surface area contributed by atoms with Gasteiger partial charge in [0.2, 0.25) is 0 Å². The first-order valence-corrected chi connectivity index (χ1v) is 4.98. The van der Waals surface area contributed by atoms with Crippen molar-refractivity contribution in [2.45, 2.75) is 6.92 Å². The first-order chi connectivity index (χ1) is 6.77. The lowest BCUT2D eigenvalue weighted by Crippen LogP contribution is -2.14. The highest BCUT2D eigenvalue weighted by Crippen LogP contribution is 2.20. The maximum absolute atomic E-state index is 5.17. The number of hydrogen-bond acceptors (Lipinski definition) is 4. The average molecular weight is 212 g/mol. The highest BCUT2D eigenvalue weighted by atomic mass is 32.1. The maximum Gasteiger partial charge on any atom is 0.121 e. The van der Waals surface area contributed by atoms with Crippen LogP contribution < -0.4 is 14.8 Å². The van der Waals surface area contributed by atoms with Crippen LogP contribution in [-0.2, 0) is 0 Å². The third kappa shape index (κ3) is 3.12. The highest BCUT2D eigenvalue weighted by Gasteiger charge is 1.98. The van der Waals surface area contributed by atoms with Crippen LogP contribution in [-0.4, -0.2) is 20.2 Å². The van der Waals surface area contributed by atoms with Gasteiger partial charge in [-0.05, 0) is 30.7 Å². The van der Waals surface area contributed by atoms with E-state index in [0.717, 1.165) is 30.1 Å². The second-order valence-electron chi connectivity index (χ2n) is 3.02. The lowest BCUT2D eigenvalue weighted by atomic mass is 10.2. The minimum atomic E-state index is 0.828. The molecule has 1 aromatic rings. The quantitative estimate of drug-likeness (QED) is 0.514. The molecule has 0 unspecified atom stereocenters. The molecule has 0 aromatic heterocycles. The van der Waals surface area contributed by atoms with Gasteiger partial charge in [0.1, 0.15) is 5.75 Å². The van der Waals surface area contributed by atoms with Crippen molar-refractivity contribution in [2.24, 2.45) is 0 Å². The molecule has 0 atom stereocenters. The Morgan fingerprint density at radius 2 is 2.14 bits per heavy atom. The standard InChI is InChI=1S/C10H16N2OS/c1-8-7-9(11-5-6-12-14)3-4-10(8)13-2/h3-4,7,11-12,14H,5-6H2,1-2H3. The molecule has 0 saturated carbocycles. The topological polar surface area (TPSA) is 33.3 Å². The predicted molar refractivity (Wildman–Crippen MR) is 63.2 cm³/mol. The van der Waals surface area contributed by atoms with Gasteiger partial charge in [-0.15, -0.1) is 0 Å². The van der Waals surface area contributed by atoms with E-state index in [0.29, 0.717) is 0 Å². The molecule has 14 heavy (non-hydrogen) atoms. The summed E-state index contributed by atoms with van der Waals surface area (Å²) in [7, 11) is 1.68. The van der Waals surface area contributed by atoms with Crippen molar-refractivity contribution < 1.29 is 4.74 Å². The molecule has 0 aliphatic rings. The zero-order chi connectivity index (χ0) is 10.4. The summed E-state index contributed by atoms with van der Waals surface area (Å²) in [5.41, 5.74) is 2.24. The molecule has 0 spiro atoms. The van der Waals surface area contributed by atoms with E-state index in [1.165, 1.54) is 0 Å². The fourth-order valence-electron chi connectivity index (χ4n) is 1.25. The molecule has 78 valence electrons. The Morgan fingerprint density at radius 1 is 1.36 bits per heavy atom. The van der Waals surface area contributed by atoms with Gasteiger partial charge in [-0.25, -0.2) is 0 Å². The molecule has 1 aromatic carbocycles. The van der Waals surface area contributed by atoms with Crippen LogP contribution in [0.3, 0.4) is 0 Å². The fraction of sp³-hybridized carbons (Fsp3) is 0.400. The summed E-state index contributed by atoms with van der Waals surface area (Å²) in [5, 5.41) is 3.27. The largest absolute Gasteiger partial charge is 0.496 e. The summed E-state index contributed by atoms with van der Waals surface area (Å²) in [6.07, 6.45) is 0. The Balaban J connectivity index is 2.57. The van der Waals surface area contributed by atoms with Crippen LogP contribution in [0.1, 0.15) is 5.56 Å². The minimum Gasteiger partial charge on any atom is -0.496 e. The third-order valence-electron chi connectivity index (χ3n) is 1.96. The monoisotopic (exact) mass is 212 g/mol. The molecular formula is C10H16N2OS. The molecule has 0 amide bonds. The molecular weight excluding hydrogens is 196 g/mol. The van der Waals surface area contributed by atoms with Crippen LogP contribution in [0.2, 0.25) is 0 Å². The zero-order valence-electron chi connectivity index (χ0n) is 8.50. The van der Waals surface area contributed by atoms with Crippen LogP contribution in [0, 0.1) is 6.92 Å². The summed E-state index contributed by atoms with van der Waals surface area (Å²) in [6, 6.07) is 6.04. The zero-order valence-corrected chi connectivity index (χ0v) is 9.40. The number of benzene rings is 1. The van der Waals surface area contributed by atoms with Gasteiger partial charge in [-0.1, -0.05) is 12.8 Å². The molecule has 0 radical (unpaired) electrons. The van der Waals surface area contributed by atoms with Crippen molar-refractivity contribution in [3.05, 3.63) is 23.8 Å². The predicted octanol–water partition coefficient (Wildman–Crippen LogP) is 1.85. The number of thiol groups is 1. The van der Waals surface area contributed by atoms with E-state index >= 15 is 0 Å². The van der Waals surface area contributed by atoms with Crippen molar-refractivity contribution in [3.8, 4) is 5.75 Å². The maximum atomic E-state index is 5.17. The Labute approximate surface area is 90.4 Å². The third-order valence-corrected chi connectivity index (χ3v) is 2.18. The van der Waals surface area contributed by atoms with Gasteiger partial charge in [0, 0.05) is 18.8 Å². The lowest BCUT2D eigenvalue weighted by Gasteiger charge is -2.09. The van der Waals surface area contributed by atoms with E-state index in [1.807, 2.05) is 19.1 Å². The van der Waals surface area contributed by atoms with Gasteiger partial charge >= 0.3 is 0 Å². The van der Waals surface area contributed by atoms with Crippen molar-refractivity contribution >= 4 is 18.5 Å². The van der Waals surface area contributed by atoms with Crippen LogP contribution in [0.25, 0.3) is 0 Å². The molecule has 1 rings (SSSR count). The SMILES string of the molecule is COc1ccc(NCCNS)cc1C. The highest BCUT2D eigenvalue weighted by molar-refractivity contribution is 7.78. The van der Waals surface area contributed by atoms with Gasteiger partial charge in [0.05, 0.1) is 7.11 Å². The van der Waals surface area contributed by atoms with E-state index in [1.54, 1.807) is 7.11 Å². The van der Waals surface area contributed by atoms with Gasteiger partial charge in [0.25, 0.3) is 0 Å². The Hall–Kier alpha value is -0.870. The number of aryl methyl sites for hydroxylation is 1. The van der Waals surface area contributed by atoms with Crippen molar-refractivity contribution in [2.75, 3.05) is 25.5 Å². The second-order valence-corrected chi connectivity index (χ2v) is 3.34. The van der Waals surface area contributed by atoms with Crippen LogP contribution >= 0.6 is 12.8 Å². The average Bonchev–Trinajstić information content (AvgIpc) is 2.18. The molecule has 0 bridgehead atoms. The molecule has 0 heterocycles. The molecule has 2 N–H and O–H groups in total. The molecule has 3 nitrogen and oxygen atoms in total. The smallest absolute Gasteiger partial charge is 0.121 e. The normalized spacial score (nSPS) is 9.93. The van der Waals surface area contributed by atoms with Gasteiger partial charge in [0.15, 0.2) is 0 Å². The molecule has 0 saturated heterocycles. The van der Waals surface area contributed by atoms with E-state index in [2.05, 4.69) is 28.9 Å².